The maximum atomic E-state index is 6.13. The van der Waals surface area contributed by atoms with Gasteiger partial charge in [-0.3, -0.25) is 0 Å². The van der Waals surface area contributed by atoms with E-state index in [4.69, 9.17) is 15.8 Å². The van der Waals surface area contributed by atoms with Crippen LogP contribution in [-0.4, -0.2) is 20.8 Å². The van der Waals surface area contributed by atoms with Crippen LogP contribution in [0.3, 0.4) is 0 Å². The van der Waals surface area contributed by atoms with Gasteiger partial charge >= 0.3 is 0 Å². The van der Waals surface area contributed by atoms with E-state index >= 15 is 0 Å². The van der Waals surface area contributed by atoms with Crippen molar-refractivity contribution in [2.75, 3.05) is 0 Å². The molecule has 2 atom stereocenters. The molecule has 1 heterocycles. The Bertz CT molecular complexity index is 422. The smallest absolute Gasteiger partial charge is 0.154 e. The van der Waals surface area contributed by atoms with Crippen LogP contribution in [0, 0.1) is 0 Å². The molecule has 4 heteroatoms. The summed E-state index contributed by atoms with van der Waals surface area (Å²) < 4.78 is 2.19. The minimum atomic E-state index is 0.361. The van der Waals surface area contributed by atoms with Crippen LogP contribution in [0.4, 0.5) is 0 Å². The average Bonchev–Trinajstić information content (AvgIpc) is 3.17. The Labute approximate surface area is 115 Å². The number of rotatable bonds is 5. The molecule has 0 amide bonds. The van der Waals surface area contributed by atoms with E-state index in [0.29, 0.717) is 17.9 Å². The summed E-state index contributed by atoms with van der Waals surface area (Å²) in [6, 6.07) is 0.361. The molecule has 1 aromatic heterocycles. The predicted molar refractivity (Wildman–Crippen MR) is 76.1 cm³/mol. The zero-order valence-electron chi connectivity index (χ0n) is 12.0. The molecule has 19 heavy (non-hydrogen) atoms. The molecule has 3 rings (SSSR count). The molecule has 0 aliphatic heterocycles. The Morgan fingerprint density at radius 3 is 2.74 bits per heavy atom. The fourth-order valence-corrected chi connectivity index (χ4v) is 3.12. The van der Waals surface area contributed by atoms with Gasteiger partial charge in [0.25, 0.3) is 0 Å². The molecule has 2 aliphatic rings. The molecule has 2 saturated carbocycles. The van der Waals surface area contributed by atoms with Gasteiger partial charge in [0.15, 0.2) is 5.82 Å². The van der Waals surface area contributed by atoms with Crippen LogP contribution in [0.2, 0.25) is 0 Å². The van der Waals surface area contributed by atoms with Gasteiger partial charge in [-0.1, -0.05) is 19.8 Å². The van der Waals surface area contributed by atoms with Crippen molar-refractivity contribution < 1.29 is 0 Å². The van der Waals surface area contributed by atoms with Gasteiger partial charge in [0, 0.05) is 24.4 Å². The molecular weight excluding hydrogens is 236 g/mol. The van der Waals surface area contributed by atoms with Crippen molar-refractivity contribution in [1.29, 1.82) is 0 Å². The summed E-state index contributed by atoms with van der Waals surface area (Å²) in [4.78, 5) is 4.88. The first-order chi connectivity index (χ1) is 9.28. The second kappa shape index (κ2) is 5.61. The lowest BCUT2D eigenvalue weighted by Gasteiger charge is -2.26. The van der Waals surface area contributed by atoms with Crippen molar-refractivity contribution in [2.24, 2.45) is 5.73 Å². The first kappa shape index (κ1) is 13.1. The minimum Gasteiger partial charge on any atom is -0.328 e. The average molecular weight is 262 g/mol. The van der Waals surface area contributed by atoms with Crippen LogP contribution in [0.1, 0.15) is 81.8 Å². The first-order valence-electron chi connectivity index (χ1n) is 7.98. The number of hydrogen-bond donors (Lipinski definition) is 1. The summed E-state index contributed by atoms with van der Waals surface area (Å²) >= 11 is 0. The van der Waals surface area contributed by atoms with Crippen molar-refractivity contribution in [3.8, 4) is 0 Å². The molecule has 2 aliphatic carbocycles. The number of hydrogen-bond acceptors (Lipinski definition) is 3. The number of nitrogens with zero attached hydrogens (tertiary/aromatic N) is 3. The summed E-state index contributed by atoms with van der Waals surface area (Å²) in [6.45, 7) is 3.26. The van der Waals surface area contributed by atoms with Crippen LogP contribution in [0.5, 0.6) is 0 Å². The lowest BCUT2D eigenvalue weighted by Crippen LogP contribution is -2.28. The minimum absolute atomic E-state index is 0.361. The fraction of sp³-hybridized carbons (Fsp3) is 0.867. The van der Waals surface area contributed by atoms with Gasteiger partial charge in [-0.15, -0.1) is 0 Å². The summed E-state index contributed by atoms with van der Waals surface area (Å²) in [5.74, 6) is 3.52. The lowest BCUT2D eigenvalue weighted by atomic mass is 9.85. The van der Waals surface area contributed by atoms with Crippen LogP contribution in [0.25, 0.3) is 0 Å². The molecule has 0 aromatic carbocycles. The number of aromatic nitrogens is 3. The Kier molecular flexibility index (Phi) is 3.87. The van der Waals surface area contributed by atoms with E-state index in [-0.39, 0.29) is 0 Å². The van der Waals surface area contributed by atoms with E-state index in [1.807, 2.05) is 0 Å². The van der Waals surface area contributed by atoms with E-state index < -0.39 is 0 Å². The SMILES string of the molecule is CCCCn1nc(C2CC2)nc1[C@H]1CCC[C@@H](N)C1. The van der Waals surface area contributed by atoms with Gasteiger partial charge in [-0.25, -0.2) is 9.67 Å². The maximum Gasteiger partial charge on any atom is 0.154 e. The quantitative estimate of drug-likeness (QED) is 0.887. The highest BCUT2D eigenvalue weighted by Gasteiger charge is 2.31. The second-order valence-electron chi connectivity index (χ2n) is 6.30. The first-order valence-corrected chi connectivity index (χ1v) is 7.98. The summed E-state index contributed by atoms with van der Waals surface area (Å²) in [5, 5.41) is 4.77. The molecule has 0 saturated heterocycles. The van der Waals surface area contributed by atoms with E-state index in [2.05, 4.69) is 11.6 Å². The van der Waals surface area contributed by atoms with Crippen LogP contribution >= 0.6 is 0 Å². The van der Waals surface area contributed by atoms with Crippen LogP contribution in [-0.2, 0) is 6.54 Å². The van der Waals surface area contributed by atoms with Crippen molar-refractivity contribution >= 4 is 0 Å². The summed E-state index contributed by atoms with van der Waals surface area (Å²) in [6.07, 6.45) is 9.71. The molecule has 0 spiro atoms. The molecule has 0 radical (unpaired) electrons. The van der Waals surface area contributed by atoms with Gasteiger partial charge in [0.1, 0.15) is 5.82 Å². The van der Waals surface area contributed by atoms with Gasteiger partial charge in [-0.2, -0.15) is 5.10 Å². The van der Waals surface area contributed by atoms with Gasteiger partial charge in [0.05, 0.1) is 0 Å². The van der Waals surface area contributed by atoms with Gasteiger partial charge in [-0.05, 0) is 38.5 Å². The molecule has 0 bridgehead atoms. The van der Waals surface area contributed by atoms with Crippen LogP contribution < -0.4 is 5.73 Å². The van der Waals surface area contributed by atoms with Crippen molar-refractivity contribution in [3.05, 3.63) is 11.6 Å². The third-order valence-electron chi connectivity index (χ3n) is 4.46. The zero-order valence-corrected chi connectivity index (χ0v) is 12.0. The Balaban J connectivity index is 1.80. The van der Waals surface area contributed by atoms with Crippen molar-refractivity contribution in [2.45, 2.75) is 82.7 Å². The van der Waals surface area contributed by atoms with Gasteiger partial charge < -0.3 is 5.73 Å². The summed E-state index contributed by atoms with van der Waals surface area (Å²) in [7, 11) is 0. The van der Waals surface area contributed by atoms with Crippen molar-refractivity contribution in [3.63, 3.8) is 0 Å². The Hall–Kier alpha value is -0.900. The molecule has 2 fully saturated rings. The lowest BCUT2D eigenvalue weighted by molar-refractivity contribution is 0.366. The van der Waals surface area contributed by atoms with E-state index in [0.717, 1.165) is 18.8 Å². The fourth-order valence-electron chi connectivity index (χ4n) is 3.12. The molecule has 4 nitrogen and oxygen atoms in total. The van der Waals surface area contributed by atoms with Crippen LogP contribution in [0.15, 0.2) is 0 Å². The largest absolute Gasteiger partial charge is 0.328 e. The molecule has 2 N–H and O–H groups in total. The maximum absolute atomic E-state index is 6.13. The molecule has 0 unspecified atom stereocenters. The molecule has 1 aromatic rings. The normalized spacial score (nSPS) is 27.7. The number of unbranched alkanes of at least 4 members (excludes halogenated alkanes) is 1. The van der Waals surface area contributed by atoms with E-state index in [1.165, 1.54) is 50.8 Å². The Morgan fingerprint density at radius 2 is 2.05 bits per heavy atom. The van der Waals surface area contributed by atoms with E-state index in [1.54, 1.807) is 0 Å². The Morgan fingerprint density at radius 1 is 1.21 bits per heavy atom. The van der Waals surface area contributed by atoms with E-state index in [9.17, 15) is 0 Å². The summed E-state index contributed by atoms with van der Waals surface area (Å²) in [5.41, 5.74) is 6.13. The zero-order chi connectivity index (χ0) is 13.2. The second-order valence-corrected chi connectivity index (χ2v) is 6.30. The highest BCUT2D eigenvalue weighted by molar-refractivity contribution is 5.10. The monoisotopic (exact) mass is 262 g/mol. The van der Waals surface area contributed by atoms with Crippen molar-refractivity contribution in [1.82, 2.24) is 14.8 Å². The number of nitrogens with two attached hydrogens (primary N) is 1. The number of aryl methyl sites for hydroxylation is 1. The highest BCUT2D eigenvalue weighted by atomic mass is 15.4. The molecular formula is C15H26N4. The third-order valence-corrected chi connectivity index (χ3v) is 4.46. The predicted octanol–water partition coefficient (Wildman–Crippen LogP) is 2.94. The topological polar surface area (TPSA) is 56.7 Å². The highest BCUT2D eigenvalue weighted by Crippen LogP contribution is 2.39. The third kappa shape index (κ3) is 2.99. The standard InChI is InChI=1S/C15H26N4/c1-2-3-9-19-15(12-5-4-6-13(16)10-12)17-14(18-19)11-7-8-11/h11-13H,2-10,16H2,1H3/t12-,13+/m0/s1. The molecule has 106 valence electrons. The van der Waals surface area contributed by atoms with Gasteiger partial charge in [0.2, 0.25) is 0 Å².